The average Bonchev–Trinajstić information content (AvgIpc) is 2.33. The van der Waals surface area contributed by atoms with E-state index in [0.29, 0.717) is 6.42 Å². The standard InChI is InChI=1S/C8H9BrClN3/c1-5(2-7(10)11)3-8-12-4-6(9)13-8/h2,4,11H,3H2,1H3,(H,12,13)/b5-2+,11-7?. The molecule has 0 spiro atoms. The van der Waals surface area contributed by atoms with Crippen LogP contribution in [0, 0.1) is 5.41 Å². The van der Waals surface area contributed by atoms with Crippen molar-refractivity contribution in [1.29, 1.82) is 5.41 Å². The molecule has 0 bridgehead atoms. The van der Waals surface area contributed by atoms with Gasteiger partial charge in [0.2, 0.25) is 0 Å². The van der Waals surface area contributed by atoms with Crippen molar-refractivity contribution in [2.24, 2.45) is 0 Å². The first kappa shape index (κ1) is 10.5. The fourth-order valence-electron chi connectivity index (χ4n) is 0.958. The van der Waals surface area contributed by atoms with Gasteiger partial charge in [-0.05, 0) is 28.9 Å². The maximum atomic E-state index is 7.04. The highest BCUT2D eigenvalue weighted by molar-refractivity contribution is 9.10. The molecule has 0 aliphatic heterocycles. The van der Waals surface area contributed by atoms with E-state index in [1.807, 2.05) is 6.92 Å². The second kappa shape index (κ2) is 4.58. The maximum absolute atomic E-state index is 7.04. The number of rotatable bonds is 3. The number of aromatic amines is 1. The van der Waals surface area contributed by atoms with Crippen molar-refractivity contribution in [2.75, 3.05) is 0 Å². The summed E-state index contributed by atoms with van der Waals surface area (Å²) in [5.41, 5.74) is 1.00. The highest BCUT2D eigenvalue weighted by Gasteiger charge is 1.99. The molecule has 0 atom stereocenters. The summed E-state index contributed by atoms with van der Waals surface area (Å²) in [7, 11) is 0. The van der Waals surface area contributed by atoms with Gasteiger partial charge in [0.25, 0.3) is 0 Å². The molecule has 5 heteroatoms. The zero-order valence-corrected chi connectivity index (χ0v) is 9.41. The molecule has 1 aromatic rings. The van der Waals surface area contributed by atoms with Crippen molar-refractivity contribution < 1.29 is 0 Å². The minimum atomic E-state index is 0.0446. The zero-order chi connectivity index (χ0) is 9.84. The minimum absolute atomic E-state index is 0.0446. The third-order valence-corrected chi connectivity index (χ3v) is 1.93. The predicted molar refractivity (Wildman–Crippen MR) is 57.3 cm³/mol. The lowest BCUT2D eigenvalue weighted by atomic mass is 10.2. The smallest absolute Gasteiger partial charge is 0.120 e. The number of hydrogen-bond donors (Lipinski definition) is 2. The number of H-pyrrole nitrogens is 1. The lowest BCUT2D eigenvalue weighted by Gasteiger charge is -1.95. The molecular formula is C8H9BrClN3. The first-order valence-corrected chi connectivity index (χ1v) is 4.85. The van der Waals surface area contributed by atoms with Crippen molar-refractivity contribution in [2.45, 2.75) is 13.3 Å². The second-order valence-corrected chi connectivity index (χ2v) is 3.95. The summed E-state index contributed by atoms with van der Waals surface area (Å²) in [4.78, 5) is 7.14. The van der Waals surface area contributed by atoms with Crippen LogP contribution in [0.5, 0.6) is 0 Å². The molecule has 1 heterocycles. The van der Waals surface area contributed by atoms with E-state index in [1.54, 1.807) is 12.3 Å². The summed E-state index contributed by atoms with van der Waals surface area (Å²) in [5, 5.41) is 7.09. The van der Waals surface area contributed by atoms with E-state index in [0.717, 1.165) is 16.0 Å². The highest BCUT2D eigenvalue weighted by atomic mass is 79.9. The molecule has 0 radical (unpaired) electrons. The Morgan fingerprint density at radius 3 is 3.00 bits per heavy atom. The summed E-state index contributed by atoms with van der Waals surface area (Å²) in [5.74, 6) is 0.860. The molecule has 0 saturated carbocycles. The quantitative estimate of drug-likeness (QED) is 0.809. The third kappa shape index (κ3) is 3.74. The van der Waals surface area contributed by atoms with Crippen LogP contribution in [0.1, 0.15) is 12.7 Å². The van der Waals surface area contributed by atoms with Crippen molar-refractivity contribution in [3.05, 3.63) is 28.3 Å². The van der Waals surface area contributed by atoms with Crippen molar-refractivity contribution >= 4 is 32.7 Å². The Hall–Kier alpha value is -0.610. The Morgan fingerprint density at radius 1 is 1.85 bits per heavy atom. The van der Waals surface area contributed by atoms with Crippen molar-refractivity contribution in [1.82, 2.24) is 9.97 Å². The summed E-state index contributed by atoms with van der Waals surface area (Å²) >= 11 is 8.68. The van der Waals surface area contributed by atoms with Gasteiger partial charge in [0.05, 0.1) is 6.20 Å². The second-order valence-electron chi connectivity index (χ2n) is 2.69. The first-order valence-electron chi connectivity index (χ1n) is 3.68. The monoisotopic (exact) mass is 261 g/mol. The number of nitrogens with one attached hydrogen (secondary N) is 2. The van der Waals surface area contributed by atoms with Crippen LogP contribution >= 0.6 is 27.5 Å². The van der Waals surface area contributed by atoms with Crippen LogP contribution in [-0.4, -0.2) is 15.1 Å². The van der Waals surface area contributed by atoms with E-state index >= 15 is 0 Å². The lowest BCUT2D eigenvalue weighted by Crippen LogP contribution is -1.91. The van der Waals surface area contributed by atoms with E-state index in [9.17, 15) is 0 Å². The molecule has 3 nitrogen and oxygen atoms in total. The van der Waals surface area contributed by atoms with Crippen molar-refractivity contribution in [3.8, 4) is 0 Å². The highest BCUT2D eigenvalue weighted by Crippen LogP contribution is 2.09. The summed E-state index contributed by atoms with van der Waals surface area (Å²) in [6.45, 7) is 1.91. The Morgan fingerprint density at radius 2 is 2.54 bits per heavy atom. The molecule has 0 aliphatic rings. The van der Waals surface area contributed by atoms with E-state index in [2.05, 4.69) is 25.9 Å². The van der Waals surface area contributed by atoms with E-state index < -0.39 is 0 Å². The van der Waals surface area contributed by atoms with Gasteiger partial charge >= 0.3 is 0 Å². The zero-order valence-electron chi connectivity index (χ0n) is 7.06. The summed E-state index contributed by atoms with van der Waals surface area (Å²) in [6, 6.07) is 0. The molecule has 0 amide bonds. The molecule has 13 heavy (non-hydrogen) atoms. The number of aromatic nitrogens is 2. The number of imidazole rings is 1. The Kier molecular flexibility index (Phi) is 3.69. The topological polar surface area (TPSA) is 52.5 Å². The number of halogens is 2. The van der Waals surface area contributed by atoms with Crippen LogP contribution in [0.15, 0.2) is 22.4 Å². The molecule has 1 rings (SSSR count). The van der Waals surface area contributed by atoms with Gasteiger partial charge in [0, 0.05) is 6.42 Å². The first-order chi connectivity index (χ1) is 6.08. The van der Waals surface area contributed by atoms with Crippen LogP contribution in [0.3, 0.4) is 0 Å². The fraction of sp³-hybridized carbons (Fsp3) is 0.250. The maximum Gasteiger partial charge on any atom is 0.120 e. The van der Waals surface area contributed by atoms with Gasteiger partial charge in [0.15, 0.2) is 0 Å². The summed E-state index contributed by atoms with van der Waals surface area (Å²) < 4.78 is 0.858. The Bertz CT molecular complexity index is 343. The van der Waals surface area contributed by atoms with Gasteiger partial charge in [0.1, 0.15) is 15.6 Å². The van der Waals surface area contributed by atoms with E-state index in [4.69, 9.17) is 17.0 Å². The lowest BCUT2D eigenvalue weighted by molar-refractivity contribution is 1.00. The van der Waals surface area contributed by atoms with E-state index in [-0.39, 0.29) is 5.17 Å². The number of allylic oxidation sites excluding steroid dienone is 2. The molecule has 70 valence electrons. The Balaban J connectivity index is 2.64. The van der Waals surface area contributed by atoms with Gasteiger partial charge in [-0.25, -0.2) is 4.98 Å². The van der Waals surface area contributed by atoms with Gasteiger partial charge in [-0.3, -0.25) is 5.41 Å². The van der Waals surface area contributed by atoms with Crippen molar-refractivity contribution in [3.63, 3.8) is 0 Å². The van der Waals surface area contributed by atoms with Crippen LogP contribution in [0.2, 0.25) is 0 Å². The van der Waals surface area contributed by atoms with Gasteiger partial charge in [-0.1, -0.05) is 17.2 Å². The molecule has 0 unspecified atom stereocenters. The predicted octanol–water partition coefficient (Wildman–Crippen LogP) is 2.88. The Labute approximate surface area is 89.9 Å². The molecular weight excluding hydrogens is 253 g/mol. The molecule has 0 saturated heterocycles. The number of nitrogens with zero attached hydrogens (tertiary/aromatic N) is 1. The van der Waals surface area contributed by atoms with Gasteiger partial charge in [-0.2, -0.15) is 0 Å². The molecule has 2 N–H and O–H groups in total. The molecule has 1 aromatic heterocycles. The minimum Gasteiger partial charge on any atom is -0.336 e. The molecule has 0 aliphatic carbocycles. The van der Waals surface area contributed by atoms with Gasteiger partial charge in [-0.15, -0.1) is 0 Å². The molecule has 0 fully saturated rings. The third-order valence-electron chi connectivity index (χ3n) is 1.42. The van der Waals surface area contributed by atoms with Gasteiger partial charge < -0.3 is 4.98 Å². The van der Waals surface area contributed by atoms with Crippen LogP contribution in [-0.2, 0) is 6.42 Å². The van der Waals surface area contributed by atoms with Crippen LogP contribution < -0.4 is 0 Å². The van der Waals surface area contributed by atoms with E-state index in [1.165, 1.54) is 0 Å². The fourth-order valence-corrected chi connectivity index (χ4v) is 1.48. The average molecular weight is 263 g/mol. The van der Waals surface area contributed by atoms with Crippen LogP contribution in [0.4, 0.5) is 0 Å². The summed E-state index contributed by atoms with van der Waals surface area (Å²) in [6.07, 6.45) is 3.99. The SMILES string of the molecule is C/C(=C\C(=N)Cl)Cc1ncc(Br)[nH]1. The largest absolute Gasteiger partial charge is 0.336 e. The number of hydrogen-bond acceptors (Lipinski definition) is 2. The normalized spacial score (nSPS) is 11.8. The van der Waals surface area contributed by atoms with Crippen LogP contribution in [0.25, 0.3) is 0 Å². The molecule has 0 aromatic carbocycles.